The molecule has 8 heteroatoms. The topological polar surface area (TPSA) is 118 Å². The van der Waals surface area contributed by atoms with E-state index in [1.165, 1.54) is 6.39 Å². The molecule has 2 aromatic heterocycles. The van der Waals surface area contributed by atoms with E-state index in [9.17, 15) is 9.59 Å². The molecule has 0 bridgehead atoms. The van der Waals surface area contributed by atoms with Crippen LogP contribution in [0, 0.1) is 0 Å². The first-order valence-electron chi connectivity index (χ1n) is 9.73. The van der Waals surface area contributed by atoms with Gasteiger partial charge in [-0.05, 0) is 37.8 Å². The molecule has 3 heterocycles. The van der Waals surface area contributed by atoms with Crippen LogP contribution in [0.1, 0.15) is 40.9 Å². The zero-order chi connectivity index (χ0) is 20.0. The Balaban J connectivity index is 1.32. The van der Waals surface area contributed by atoms with Gasteiger partial charge >= 0.3 is 0 Å². The zero-order valence-electron chi connectivity index (χ0n) is 15.9. The number of nitrogens with one attached hydrogen (secondary N) is 1. The Morgan fingerprint density at radius 1 is 1.17 bits per heavy atom. The number of benzene rings is 1. The Hall–Kier alpha value is -3.42. The van der Waals surface area contributed by atoms with Crippen molar-refractivity contribution in [3.8, 4) is 11.3 Å². The number of carbonyl (C=O) groups is 1. The monoisotopic (exact) mass is 391 g/mol. The number of aromatic nitrogens is 3. The summed E-state index contributed by atoms with van der Waals surface area (Å²) in [6, 6.07) is 7.37. The van der Waals surface area contributed by atoms with Crippen LogP contribution in [0.15, 0.2) is 46.1 Å². The molecule has 3 N–H and O–H groups in total. The fraction of sp³-hybridized carbons (Fsp3) is 0.333. The van der Waals surface area contributed by atoms with Gasteiger partial charge < -0.3 is 15.1 Å². The van der Waals surface area contributed by atoms with Crippen molar-refractivity contribution in [2.45, 2.75) is 31.1 Å². The third-order valence-corrected chi connectivity index (χ3v) is 6.25. The van der Waals surface area contributed by atoms with Crippen LogP contribution in [0.5, 0.6) is 0 Å². The van der Waals surface area contributed by atoms with E-state index in [1.54, 1.807) is 6.20 Å². The highest BCUT2D eigenvalue weighted by Crippen LogP contribution is 2.44. The van der Waals surface area contributed by atoms with Crippen LogP contribution in [0.25, 0.3) is 11.3 Å². The molecular weight excluding hydrogens is 370 g/mol. The highest BCUT2D eigenvalue weighted by molar-refractivity contribution is 5.94. The second-order valence-corrected chi connectivity index (χ2v) is 7.79. The molecule has 0 atom stereocenters. The number of anilines is 1. The molecule has 5 rings (SSSR count). The fourth-order valence-corrected chi connectivity index (χ4v) is 4.61. The summed E-state index contributed by atoms with van der Waals surface area (Å²) in [5.41, 5.74) is 8.62. The minimum atomic E-state index is -0.148. The highest BCUT2D eigenvalue weighted by atomic mass is 16.3. The van der Waals surface area contributed by atoms with Crippen LogP contribution in [-0.2, 0) is 11.8 Å². The van der Waals surface area contributed by atoms with Gasteiger partial charge in [0.2, 0.25) is 5.95 Å². The van der Waals surface area contributed by atoms with Crippen molar-refractivity contribution in [2.24, 2.45) is 0 Å². The van der Waals surface area contributed by atoms with Crippen molar-refractivity contribution < 1.29 is 9.21 Å². The van der Waals surface area contributed by atoms with Crippen molar-refractivity contribution in [3.63, 3.8) is 0 Å². The summed E-state index contributed by atoms with van der Waals surface area (Å²) in [5.74, 6) is 0.853. The molecule has 8 nitrogen and oxygen atoms in total. The number of hydrogen-bond acceptors (Lipinski definition) is 6. The first-order valence-corrected chi connectivity index (χ1v) is 9.73. The summed E-state index contributed by atoms with van der Waals surface area (Å²) >= 11 is 0. The number of nitrogen functional groups attached to an aromatic ring is 1. The third kappa shape index (κ3) is 2.91. The van der Waals surface area contributed by atoms with E-state index in [0.29, 0.717) is 24.4 Å². The number of piperidine rings is 1. The summed E-state index contributed by atoms with van der Waals surface area (Å²) in [6.45, 7) is 1.27. The predicted molar refractivity (Wildman–Crippen MR) is 106 cm³/mol. The Bertz CT molecular complexity index is 1110. The van der Waals surface area contributed by atoms with E-state index >= 15 is 0 Å². The molecule has 29 heavy (non-hydrogen) atoms. The standard InChI is InChI=1S/C21H21N5O3/c22-20-24-17-15(18(27)25-20)5-6-21(17)7-9-26(10-8-21)19(28)14-3-1-13(2-4-14)16-11-23-12-29-16/h1-4,11-12H,5-10H2,(H3,22,24,25,27). The van der Waals surface area contributed by atoms with Gasteiger partial charge in [-0.1, -0.05) is 12.1 Å². The van der Waals surface area contributed by atoms with Crippen molar-refractivity contribution in [2.75, 3.05) is 18.8 Å². The second-order valence-electron chi connectivity index (χ2n) is 7.79. The van der Waals surface area contributed by atoms with Crippen LogP contribution < -0.4 is 11.3 Å². The Labute approximate surface area is 166 Å². The molecule has 148 valence electrons. The minimum Gasteiger partial charge on any atom is -0.444 e. The first kappa shape index (κ1) is 17.7. The normalized spacial score (nSPS) is 17.4. The fourth-order valence-electron chi connectivity index (χ4n) is 4.61. The van der Waals surface area contributed by atoms with E-state index in [-0.39, 0.29) is 22.8 Å². The van der Waals surface area contributed by atoms with Gasteiger partial charge in [-0.2, -0.15) is 0 Å². The van der Waals surface area contributed by atoms with Crippen LogP contribution in [-0.4, -0.2) is 38.8 Å². The molecule has 1 aliphatic carbocycles. The molecule has 0 saturated carbocycles. The Morgan fingerprint density at radius 2 is 1.93 bits per heavy atom. The maximum Gasteiger partial charge on any atom is 0.255 e. The van der Waals surface area contributed by atoms with Gasteiger partial charge in [0, 0.05) is 35.2 Å². The van der Waals surface area contributed by atoms with Gasteiger partial charge in [-0.25, -0.2) is 9.97 Å². The molecule has 0 radical (unpaired) electrons. The smallest absolute Gasteiger partial charge is 0.255 e. The van der Waals surface area contributed by atoms with Crippen molar-refractivity contribution in [1.82, 2.24) is 19.9 Å². The summed E-state index contributed by atoms with van der Waals surface area (Å²) < 4.78 is 5.29. The lowest BCUT2D eigenvalue weighted by Crippen LogP contribution is -2.44. The third-order valence-electron chi connectivity index (χ3n) is 6.25. The molecule has 0 unspecified atom stereocenters. The number of carbonyl (C=O) groups excluding carboxylic acids is 1. The number of hydrogen-bond donors (Lipinski definition) is 2. The lowest BCUT2D eigenvalue weighted by Gasteiger charge is -2.39. The average Bonchev–Trinajstić information content (AvgIpc) is 3.38. The number of nitrogens with zero attached hydrogens (tertiary/aromatic N) is 3. The molecule has 1 fully saturated rings. The first-order chi connectivity index (χ1) is 14.1. The zero-order valence-corrected chi connectivity index (χ0v) is 15.9. The van der Waals surface area contributed by atoms with E-state index in [2.05, 4.69) is 15.0 Å². The van der Waals surface area contributed by atoms with Gasteiger partial charge in [-0.3, -0.25) is 14.6 Å². The number of fused-ring (bicyclic) bond motifs is 2. The van der Waals surface area contributed by atoms with Crippen LogP contribution in [0.4, 0.5) is 5.95 Å². The van der Waals surface area contributed by atoms with E-state index in [4.69, 9.17) is 10.2 Å². The minimum absolute atomic E-state index is 0.0144. The lowest BCUT2D eigenvalue weighted by atomic mass is 9.76. The number of amides is 1. The average molecular weight is 391 g/mol. The van der Waals surface area contributed by atoms with Gasteiger partial charge in [0.05, 0.1) is 11.9 Å². The summed E-state index contributed by atoms with van der Waals surface area (Å²) in [5, 5.41) is 0. The molecule has 3 aromatic rings. The number of likely N-dealkylation sites (tertiary alicyclic amines) is 1. The Kier molecular flexibility index (Phi) is 4.01. The van der Waals surface area contributed by atoms with Crippen LogP contribution >= 0.6 is 0 Å². The largest absolute Gasteiger partial charge is 0.444 e. The number of oxazole rings is 1. The van der Waals surface area contributed by atoms with Crippen molar-refractivity contribution in [1.29, 1.82) is 0 Å². The number of aromatic amines is 1. The highest BCUT2D eigenvalue weighted by Gasteiger charge is 2.44. The van der Waals surface area contributed by atoms with Crippen LogP contribution in [0.3, 0.4) is 0 Å². The second kappa shape index (κ2) is 6.58. The maximum atomic E-state index is 13.0. The van der Waals surface area contributed by atoms with Crippen LogP contribution in [0.2, 0.25) is 0 Å². The summed E-state index contributed by atoms with van der Waals surface area (Å²) in [4.78, 5) is 38.0. The molecular formula is C21H21N5O3. The molecule has 2 aliphatic rings. The lowest BCUT2D eigenvalue weighted by molar-refractivity contribution is 0.0663. The SMILES string of the molecule is Nc1nc2c(c(=O)[nH]1)CCC21CCN(C(=O)c2ccc(-c3cnco3)cc2)CC1. The van der Waals surface area contributed by atoms with Gasteiger partial charge in [0.15, 0.2) is 12.2 Å². The molecule has 1 aliphatic heterocycles. The van der Waals surface area contributed by atoms with E-state index in [1.807, 2.05) is 29.2 Å². The quantitative estimate of drug-likeness (QED) is 0.691. The van der Waals surface area contributed by atoms with E-state index in [0.717, 1.165) is 42.5 Å². The van der Waals surface area contributed by atoms with Crippen molar-refractivity contribution >= 4 is 11.9 Å². The number of nitrogens with two attached hydrogens (primary N) is 1. The number of H-pyrrole nitrogens is 1. The van der Waals surface area contributed by atoms with Gasteiger partial charge in [-0.15, -0.1) is 0 Å². The summed E-state index contributed by atoms with van der Waals surface area (Å²) in [7, 11) is 0. The molecule has 1 aromatic carbocycles. The molecule has 1 saturated heterocycles. The molecule has 1 amide bonds. The Morgan fingerprint density at radius 3 is 2.62 bits per heavy atom. The van der Waals surface area contributed by atoms with E-state index < -0.39 is 0 Å². The maximum absolute atomic E-state index is 13.0. The summed E-state index contributed by atoms with van der Waals surface area (Å²) in [6.07, 6.45) is 6.21. The van der Waals surface area contributed by atoms with Gasteiger partial charge in [0.1, 0.15) is 0 Å². The predicted octanol–water partition coefficient (Wildman–Crippen LogP) is 2.13. The van der Waals surface area contributed by atoms with Gasteiger partial charge in [0.25, 0.3) is 11.5 Å². The number of rotatable bonds is 2. The molecule has 1 spiro atoms. The van der Waals surface area contributed by atoms with Crippen molar-refractivity contribution in [3.05, 3.63) is 64.0 Å².